The fourth-order valence-electron chi connectivity index (χ4n) is 2.60. The predicted molar refractivity (Wildman–Crippen MR) is 70.3 cm³/mol. The highest BCUT2D eigenvalue weighted by molar-refractivity contribution is 5.79. The molecule has 0 radical (unpaired) electrons. The topological polar surface area (TPSA) is 83.0 Å². The van der Waals surface area contributed by atoms with Crippen LogP contribution in [-0.4, -0.2) is 21.0 Å². The largest absolute Gasteiger partial charge is 0.481 e. The van der Waals surface area contributed by atoms with Crippen molar-refractivity contribution in [1.82, 2.24) is 9.97 Å². The minimum Gasteiger partial charge on any atom is -0.481 e. The van der Waals surface area contributed by atoms with Crippen molar-refractivity contribution in [2.24, 2.45) is 0 Å². The second-order valence-corrected chi connectivity index (χ2v) is 4.90. The van der Waals surface area contributed by atoms with Crippen molar-refractivity contribution < 1.29 is 9.90 Å². The van der Waals surface area contributed by atoms with Gasteiger partial charge in [-0.2, -0.15) is 0 Å². The molecule has 1 aromatic heterocycles. The number of nitrogens with zero attached hydrogens (tertiary/aromatic N) is 1. The van der Waals surface area contributed by atoms with E-state index in [0.29, 0.717) is 16.7 Å². The normalized spacial score (nSPS) is 13.7. The van der Waals surface area contributed by atoms with E-state index in [1.807, 2.05) is 12.1 Å². The number of hydrogen-bond donors (Lipinski definition) is 2. The Labute approximate surface area is 109 Å². The van der Waals surface area contributed by atoms with Crippen molar-refractivity contribution in [3.05, 3.63) is 39.4 Å². The summed E-state index contributed by atoms with van der Waals surface area (Å²) in [5.41, 5.74) is 2.98. The van der Waals surface area contributed by atoms with Crippen molar-refractivity contribution in [2.75, 3.05) is 0 Å². The Morgan fingerprint density at radius 2 is 2.05 bits per heavy atom. The maximum absolute atomic E-state index is 12.0. The molecule has 2 N–H and O–H groups in total. The van der Waals surface area contributed by atoms with Gasteiger partial charge in [0.05, 0.1) is 17.3 Å². The zero-order chi connectivity index (χ0) is 13.4. The molecule has 1 aliphatic carbocycles. The van der Waals surface area contributed by atoms with Crippen LogP contribution in [0.2, 0.25) is 0 Å². The first kappa shape index (κ1) is 11.9. The molecule has 3 rings (SSSR count). The number of fused-ring (bicyclic) bond motifs is 2. The maximum atomic E-state index is 12.0. The number of carboxylic acid groups (broad SMARTS) is 1. The first-order valence-electron chi connectivity index (χ1n) is 6.40. The summed E-state index contributed by atoms with van der Waals surface area (Å²) in [5, 5.41) is 9.26. The number of carboxylic acids is 1. The van der Waals surface area contributed by atoms with Gasteiger partial charge >= 0.3 is 5.97 Å². The Morgan fingerprint density at radius 1 is 1.32 bits per heavy atom. The minimum atomic E-state index is -0.892. The molecule has 98 valence electrons. The molecule has 0 saturated carbocycles. The summed E-state index contributed by atoms with van der Waals surface area (Å²) in [6.45, 7) is 0. The average Bonchev–Trinajstić information content (AvgIpc) is 2.81. The first-order valence-corrected chi connectivity index (χ1v) is 6.40. The van der Waals surface area contributed by atoms with E-state index < -0.39 is 5.97 Å². The minimum absolute atomic E-state index is 0.0284. The standard InChI is InChI=1S/C14H14N2O3/c17-13(18)5-4-12-15-11-7-9-3-1-2-8(9)6-10(11)14(19)16-12/h6-7H,1-5H2,(H,17,18)(H,15,16,19). The highest BCUT2D eigenvalue weighted by Gasteiger charge is 2.14. The Hall–Kier alpha value is -2.17. The predicted octanol–water partition coefficient (Wildman–Crippen LogP) is 1.43. The van der Waals surface area contributed by atoms with E-state index in [1.165, 1.54) is 11.1 Å². The molecule has 0 bridgehead atoms. The summed E-state index contributed by atoms with van der Waals surface area (Å²) in [6, 6.07) is 3.89. The molecule has 1 aromatic carbocycles. The van der Waals surface area contributed by atoms with Gasteiger partial charge in [0.15, 0.2) is 0 Å². The summed E-state index contributed by atoms with van der Waals surface area (Å²) < 4.78 is 0. The molecule has 5 heteroatoms. The monoisotopic (exact) mass is 258 g/mol. The fraction of sp³-hybridized carbons (Fsp3) is 0.357. The highest BCUT2D eigenvalue weighted by atomic mass is 16.4. The third-order valence-electron chi connectivity index (χ3n) is 3.54. The Bertz CT molecular complexity index is 718. The molecule has 1 aliphatic rings. The van der Waals surface area contributed by atoms with Gasteiger partial charge in [-0.3, -0.25) is 9.59 Å². The van der Waals surface area contributed by atoms with Gasteiger partial charge in [-0.1, -0.05) is 0 Å². The van der Waals surface area contributed by atoms with Crippen molar-refractivity contribution in [3.8, 4) is 0 Å². The Morgan fingerprint density at radius 3 is 2.79 bits per heavy atom. The number of hydrogen-bond acceptors (Lipinski definition) is 3. The number of aryl methyl sites for hydroxylation is 3. The summed E-state index contributed by atoms with van der Waals surface area (Å²) >= 11 is 0. The lowest BCUT2D eigenvalue weighted by Crippen LogP contribution is -2.13. The Balaban J connectivity index is 2.07. The average molecular weight is 258 g/mol. The van der Waals surface area contributed by atoms with Crippen LogP contribution >= 0.6 is 0 Å². The maximum Gasteiger partial charge on any atom is 0.303 e. The van der Waals surface area contributed by atoms with Gasteiger partial charge in [-0.15, -0.1) is 0 Å². The van der Waals surface area contributed by atoms with E-state index in [4.69, 9.17) is 5.11 Å². The van der Waals surface area contributed by atoms with E-state index in [-0.39, 0.29) is 18.4 Å². The molecule has 0 unspecified atom stereocenters. The summed E-state index contributed by atoms with van der Waals surface area (Å²) in [5.74, 6) is -0.449. The van der Waals surface area contributed by atoms with Crippen molar-refractivity contribution in [3.63, 3.8) is 0 Å². The molecular weight excluding hydrogens is 244 g/mol. The molecule has 0 aliphatic heterocycles. The van der Waals surface area contributed by atoms with Gasteiger partial charge in [0, 0.05) is 6.42 Å². The van der Waals surface area contributed by atoms with Crippen LogP contribution in [0.25, 0.3) is 10.9 Å². The molecule has 2 aromatic rings. The molecule has 0 fully saturated rings. The molecule has 1 heterocycles. The number of benzene rings is 1. The number of rotatable bonds is 3. The lowest BCUT2D eigenvalue weighted by Gasteiger charge is -2.04. The summed E-state index contributed by atoms with van der Waals surface area (Å²) in [7, 11) is 0. The van der Waals surface area contributed by atoms with Crippen LogP contribution < -0.4 is 5.56 Å². The van der Waals surface area contributed by atoms with Crippen LogP contribution in [0.15, 0.2) is 16.9 Å². The third kappa shape index (κ3) is 2.23. The van der Waals surface area contributed by atoms with E-state index >= 15 is 0 Å². The highest BCUT2D eigenvalue weighted by Crippen LogP contribution is 2.25. The number of aromatic amines is 1. The molecule has 0 atom stereocenters. The van der Waals surface area contributed by atoms with Crippen molar-refractivity contribution in [1.29, 1.82) is 0 Å². The number of aromatic nitrogens is 2. The molecule has 5 nitrogen and oxygen atoms in total. The molecule has 0 spiro atoms. The third-order valence-corrected chi connectivity index (χ3v) is 3.54. The molecule has 0 amide bonds. The SMILES string of the molecule is O=C(O)CCc1nc2cc3c(cc2c(=O)[nH]1)CCC3. The van der Waals surface area contributed by atoms with Crippen LogP contribution in [0.5, 0.6) is 0 Å². The second-order valence-electron chi connectivity index (χ2n) is 4.90. The zero-order valence-corrected chi connectivity index (χ0v) is 10.4. The van der Waals surface area contributed by atoms with E-state index in [0.717, 1.165) is 19.3 Å². The number of aliphatic carboxylic acids is 1. The van der Waals surface area contributed by atoms with E-state index in [2.05, 4.69) is 9.97 Å². The number of H-pyrrole nitrogens is 1. The van der Waals surface area contributed by atoms with Gasteiger partial charge in [0.1, 0.15) is 5.82 Å². The van der Waals surface area contributed by atoms with Crippen molar-refractivity contribution in [2.45, 2.75) is 32.1 Å². The van der Waals surface area contributed by atoms with Gasteiger partial charge < -0.3 is 10.1 Å². The molecule has 0 saturated heterocycles. The molecular formula is C14H14N2O3. The van der Waals surface area contributed by atoms with Gasteiger partial charge in [-0.05, 0) is 42.5 Å². The number of carbonyl (C=O) groups is 1. The molecule has 19 heavy (non-hydrogen) atoms. The smallest absolute Gasteiger partial charge is 0.303 e. The lowest BCUT2D eigenvalue weighted by molar-refractivity contribution is -0.137. The quantitative estimate of drug-likeness (QED) is 0.872. The lowest BCUT2D eigenvalue weighted by atomic mass is 10.1. The van der Waals surface area contributed by atoms with Crippen LogP contribution in [-0.2, 0) is 24.1 Å². The zero-order valence-electron chi connectivity index (χ0n) is 10.4. The van der Waals surface area contributed by atoms with Gasteiger partial charge in [0.25, 0.3) is 5.56 Å². The summed E-state index contributed by atoms with van der Waals surface area (Å²) in [6.07, 6.45) is 3.39. The first-order chi connectivity index (χ1) is 9.13. The number of nitrogens with one attached hydrogen (secondary N) is 1. The van der Waals surface area contributed by atoms with E-state index in [9.17, 15) is 9.59 Å². The van der Waals surface area contributed by atoms with Crippen LogP contribution in [0.3, 0.4) is 0 Å². The van der Waals surface area contributed by atoms with Crippen LogP contribution in [0.4, 0.5) is 0 Å². The fourth-order valence-corrected chi connectivity index (χ4v) is 2.60. The second kappa shape index (κ2) is 4.50. The van der Waals surface area contributed by atoms with Crippen LogP contribution in [0, 0.1) is 0 Å². The van der Waals surface area contributed by atoms with Gasteiger partial charge in [-0.25, -0.2) is 4.98 Å². The summed E-state index contributed by atoms with van der Waals surface area (Å²) in [4.78, 5) is 29.6. The van der Waals surface area contributed by atoms with Crippen molar-refractivity contribution >= 4 is 16.9 Å². The van der Waals surface area contributed by atoms with Gasteiger partial charge in [0.2, 0.25) is 0 Å². The Kier molecular flexibility index (Phi) is 2.81. The van der Waals surface area contributed by atoms with E-state index in [1.54, 1.807) is 0 Å². The van der Waals surface area contributed by atoms with Crippen LogP contribution in [0.1, 0.15) is 29.8 Å².